The van der Waals surface area contributed by atoms with Crippen LogP contribution in [0.5, 0.6) is 0 Å². The van der Waals surface area contributed by atoms with Gasteiger partial charge in [-0.15, -0.1) is 0 Å². The van der Waals surface area contributed by atoms with E-state index < -0.39 is 18.6 Å². The number of hydrogen-bond donors (Lipinski definition) is 0. The highest BCUT2D eigenvalue weighted by atomic mass is 19.4. The molecule has 0 aliphatic carbocycles. The number of hydrogen-bond acceptors (Lipinski definition) is 2. The van der Waals surface area contributed by atoms with Crippen LogP contribution in [-0.2, 0) is 11.3 Å². The Labute approximate surface area is 90.8 Å². The summed E-state index contributed by atoms with van der Waals surface area (Å²) < 4.78 is 41.5. The molecule has 0 radical (unpaired) electrons. The van der Waals surface area contributed by atoms with Crippen LogP contribution in [0.15, 0.2) is 22.8 Å². The van der Waals surface area contributed by atoms with Crippen LogP contribution >= 0.6 is 0 Å². The maximum Gasteiger partial charge on any atom is 0.406 e. The van der Waals surface area contributed by atoms with E-state index in [9.17, 15) is 18.0 Å². The van der Waals surface area contributed by atoms with Gasteiger partial charge in [0.25, 0.3) is 0 Å². The third kappa shape index (κ3) is 3.96. The van der Waals surface area contributed by atoms with E-state index in [4.69, 9.17) is 4.42 Å². The summed E-state index contributed by atoms with van der Waals surface area (Å²) in [5.74, 6) is -0.209. The fraction of sp³-hybridized carbons (Fsp3) is 0.500. The van der Waals surface area contributed by atoms with E-state index in [1.807, 2.05) is 0 Å². The molecular formula is C10H12F3NO2. The zero-order valence-corrected chi connectivity index (χ0v) is 8.75. The van der Waals surface area contributed by atoms with Crippen LogP contribution < -0.4 is 0 Å². The van der Waals surface area contributed by atoms with Crippen molar-refractivity contribution in [3.8, 4) is 0 Å². The summed E-state index contributed by atoms with van der Waals surface area (Å²) in [4.78, 5) is 12.0. The molecular weight excluding hydrogens is 223 g/mol. The molecule has 6 heteroatoms. The lowest BCUT2D eigenvalue weighted by molar-refractivity contribution is -0.162. The minimum absolute atomic E-state index is 0.0385. The first-order valence-electron chi connectivity index (χ1n) is 4.79. The first-order valence-corrected chi connectivity index (χ1v) is 4.79. The van der Waals surface area contributed by atoms with Crippen molar-refractivity contribution in [3.63, 3.8) is 0 Å². The van der Waals surface area contributed by atoms with E-state index in [0.29, 0.717) is 5.76 Å². The summed E-state index contributed by atoms with van der Waals surface area (Å²) >= 11 is 0. The van der Waals surface area contributed by atoms with Crippen LogP contribution in [-0.4, -0.2) is 23.5 Å². The van der Waals surface area contributed by atoms with Crippen molar-refractivity contribution in [2.75, 3.05) is 6.54 Å². The maximum atomic E-state index is 12.2. The second kappa shape index (κ2) is 5.05. The third-order valence-corrected chi connectivity index (χ3v) is 1.95. The molecule has 0 saturated carbocycles. The van der Waals surface area contributed by atoms with Crippen molar-refractivity contribution in [2.24, 2.45) is 0 Å². The summed E-state index contributed by atoms with van der Waals surface area (Å²) in [5.41, 5.74) is 0. The summed E-state index contributed by atoms with van der Waals surface area (Å²) in [7, 11) is 0. The minimum Gasteiger partial charge on any atom is -0.467 e. The fourth-order valence-corrected chi connectivity index (χ4v) is 1.26. The molecule has 1 rings (SSSR count). The SMILES string of the molecule is CCC(=O)N(Cc1ccco1)CC(F)(F)F. The van der Waals surface area contributed by atoms with Crippen LogP contribution in [0.3, 0.4) is 0 Å². The first-order chi connectivity index (χ1) is 7.42. The van der Waals surface area contributed by atoms with E-state index in [2.05, 4.69) is 0 Å². The molecule has 90 valence electrons. The lowest BCUT2D eigenvalue weighted by atomic mass is 10.3. The van der Waals surface area contributed by atoms with Crippen molar-refractivity contribution in [2.45, 2.75) is 26.1 Å². The quantitative estimate of drug-likeness (QED) is 0.803. The van der Waals surface area contributed by atoms with E-state index in [1.165, 1.54) is 19.3 Å². The number of rotatable bonds is 4. The van der Waals surface area contributed by atoms with Gasteiger partial charge in [0.05, 0.1) is 12.8 Å². The Morgan fingerprint density at radius 3 is 2.62 bits per heavy atom. The molecule has 0 aromatic carbocycles. The molecule has 0 fully saturated rings. The molecule has 0 saturated heterocycles. The highest BCUT2D eigenvalue weighted by Gasteiger charge is 2.32. The van der Waals surface area contributed by atoms with Crippen molar-refractivity contribution in [1.82, 2.24) is 4.90 Å². The molecule has 16 heavy (non-hydrogen) atoms. The third-order valence-electron chi connectivity index (χ3n) is 1.95. The molecule has 1 aromatic rings. The number of carbonyl (C=O) groups excluding carboxylic acids is 1. The Kier molecular flexibility index (Phi) is 3.98. The summed E-state index contributed by atoms with van der Waals surface area (Å²) in [6, 6.07) is 3.10. The van der Waals surface area contributed by atoms with Crippen molar-refractivity contribution in [3.05, 3.63) is 24.2 Å². The molecule has 0 unspecified atom stereocenters. The molecule has 0 aliphatic rings. The largest absolute Gasteiger partial charge is 0.467 e. The van der Waals surface area contributed by atoms with Gasteiger partial charge in [-0.05, 0) is 12.1 Å². The highest BCUT2D eigenvalue weighted by molar-refractivity contribution is 5.75. The van der Waals surface area contributed by atoms with Crippen LogP contribution in [0.2, 0.25) is 0 Å². The monoisotopic (exact) mass is 235 g/mol. The Hall–Kier alpha value is -1.46. The van der Waals surface area contributed by atoms with E-state index in [1.54, 1.807) is 6.07 Å². The number of nitrogens with zero attached hydrogens (tertiary/aromatic N) is 1. The second-order valence-electron chi connectivity index (χ2n) is 3.30. The van der Waals surface area contributed by atoms with Gasteiger partial charge >= 0.3 is 6.18 Å². The van der Waals surface area contributed by atoms with Gasteiger partial charge in [-0.2, -0.15) is 13.2 Å². The minimum atomic E-state index is -4.39. The van der Waals surface area contributed by atoms with Crippen molar-refractivity contribution in [1.29, 1.82) is 0 Å². The van der Waals surface area contributed by atoms with Gasteiger partial charge in [-0.3, -0.25) is 4.79 Å². The number of halogens is 3. The molecule has 1 aromatic heterocycles. The standard InChI is InChI=1S/C10H12F3NO2/c1-2-9(15)14(7-10(11,12)13)6-8-4-3-5-16-8/h3-5H,2,6-7H2,1H3. The van der Waals surface area contributed by atoms with Crippen LogP contribution in [0.1, 0.15) is 19.1 Å². The highest BCUT2D eigenvalue weighted by Crippen LogP contribution is 2.18. The maximum absolute atomic E-state index is 12.2. The van der Waals surface area contributed by atoms with Gasteiger partial charge in [-0.25, -0.2) is 0 Å². The van der Waals surface area contributed by atoms with Gasteiger partial charge in [0.2, 0.25) is 5.91 Å². The molecule has 1 amide bonds. The van der Waals surface area contributed by atoms with Crippen LogP contribution in [0, 0.1) is 0 Å². The van der Waals surface area contributed by atoms with Gasteiger partial charge < -0.3 is 9.32 Å². The number of alkyl halides is 3. The van der Waals surface area contributed by atoms with E-state index in [0.717, 1.165) is 4.90 Å². The molecule has 0 atom stereocenters. The summed E-state index contributed by atoms with van der Waals surface area (Å²) in [6.07, 6.45) is -2.99. The zero-order valence-electron chi connectivity index (χ0n) is 8.75. The molecule has 0 aliphatic heterocycles. The molecule has 3 nitrogen and oxygen atoms in total. The summed E-state index contributed by atoms with van der Waals surface area (Å²) in [6.45, 7) is 0.118. The molecule has 0 N–H and O–H groups in total. The van der Waals surface area contributed by atoms with Gasteiger partial charge in [0, 0.05) is 6.42 Å². The predicted octanol–water partition coefficient (Wildman–Crippen LogP) is 2.58. The van der Waals surface area contributed by atoms with Gasteiger partial charge in [0.1, 0.15) is 12.3 Å². The Bertz CT molecular complexity index is 332. The Morgan fingerprint density at radius 2 is 2.19 bits per heavy atom. The summed E-state index contributed by atoms with van der Waals surface area (Å²) in [5, 5.41) is 0. The number of amides is 1. The smallest absolute Gasteiger partial charge is 0.406 e. The Balaban J connectivity index is 2.68. The topological polar surface area (TPSA) is 33.5 Å². The Morgan fingerprint density at radius 1 is 1.50 bits per heavy atom. The zero-order chi connectivity index (χ0) is 12.2. The van der Waals surface area contributed by atoms with Crippen LogP contribution in [0.4, 0.5) is 13.2 Å². The predicted molar refractivity (Wildman–Crippen MR) is 50.5 cm³/mol. The lowest BCUT2D eigenvalue weighted by Gasteiger charge is -2.22. The lowest BCUT2D eigenvalue weighted by Crippen LogP contribution is -2.38. The second-order valence-corrected chi connectivity index (χ2v) is 3.30. The van der Waals surface area contributed by atoms with Crippen molar-refractivity contribution < 1.29 is 22.4 Å². The molecule has 0 spiro atoms. The number of carbonyl (C=O) groups is 1. The first kappa shape index (κ1) is 12.6. The van der Waals surface area contributed by atoms with E-state index >= 15 is 0 Å². The average molecular weight is 235 g/mol. The van der Waals surface area contributed by atoms with Crippen molar-refractivity contribution >= 4 is 5.91 Å². The molecule has 0 bridgehead atoms. The number of furan rings is 1. The van der Waals surface area contributed by atoms with E-state index in [-0.39, 0.29) is 13.0 Å². The van der Waals surface area contributed by atoms with Gasteiger partial charge in [-0.1, -0.05) is 6.92 Å². The van der Waals surface area contributed by atoms with Gasteiger partial charge in [0.15, 0.2) is 0 Å². The normalized spacial score (nSPS) is 11.5. The average Bonchev–Trinajstić information content (AvgIpc) is 2.66. The fourth-order valence-electron chi connectivity index (χ4n) is 1.26. The van der Waals surface area contributed by atoms with Crippen LogP contribution in [0.25, 0.3) is 0 Å². The molecule has 1 heterocycles.